The fourth-order valence-corrected chi connectivity index (χ4v) is 3.80. The van der Waals surface area contributed by atoms with Gasteiger partial charge in [-0.25, -0.2) is 4.79 Å². The number of esters is 1. The van der Waals surface area contributed by atoms with E-state index in [4.69, 9.17) is 9.47 Å². The van der Waals surface area contributed by atoms with Crippen LogP contribution in [0.15, 0.2) is 24.3 Å². The highest BCUT2D eigenvalue weighted by Crippen LogP contribution is 2.34. The van der Waals surface area contributed by atoms with E-state index in [1.807, 2.05) is 38.1 Å². The van der Waals surface area contributed by atoms with E-state index < -0.39 is 5.97 Å². The molecule has 0 fully saturated rings. The van der Waals surface area contributed by atoms with Gasteiger partial charge in [-0.05, 0) is 38.0 Å². The average Bonchev–Trinajstić information content (AvgIpc) is 2.95. The summed E-state index contributed by atoms with van der Waals surface area (Å²) in [6.45, 7) is 6.03. The maximum Gasteiger partial charge on any atom is 0.341 e. The Kier molecular flexibility index (Phi) is 7.03. The molecule has 2 rings (SSSR count). The monoisotopic (exact) mass is 376 g/mol. The number of carbonyl (C=O) groups excluding carboxylic acids is 2. The van der Waals surface area contributed by atoms with Gasteiger partial charge in [-0.3, -0.25) is 4.79 Å². The van der Waals surface area contributed by atoms with Gasteiger partial charge in [0.05, 0.1) is 31.5 Å². The Hall–Kier alpha value is -2.54. The van der Waals surface area contributed by atoms with Crippen LogP contribution in [0.3, 0.4) is 0 Å². The molecule has 0 saturated carbocycles. The number of nitrogens with one attached hydrogen (secondary N) is 2. The summed E-state index contributed by atoms with van der Waals surface area (Å²) in [6, 6.07) is 7.37. The minimum Gasteiger partial charge on any atom is -0.495 e. The Morgan fingerprint density at radius 2 is 1.92 bits per heavy atom. The van der Waals surface area contributed by atoms with E-state index in [9.17, 15) is 9.59 Å². The van der Waals surface area contributed by atoms with E-state index in [0.717, 1.165) is 16.1 Å². The van der Waals surface area contributed by atoms with Gasteiger partial charge >= 0.3 is 5.97 Å². The van der Waals surface area contributed by atoms with Crippen molar-refractivity contribution in [2.45, 2.75) is 27.2 Å². The molecule has 0 aliphatic heterocycles. The highest BCUT2D eigenvalue weighted by atomic mass is 32.1. The van der Waals surface area contributed by atoms with Gasteiger partial charge in [0.2, 0.25) is 5.91 Å². The van der Waals surface area contributed by atoms with E-state index in [1.165, 1.54) is 11.3 Å². The summed E-state index contributed by atoms with van der Waals surface area (Å²) in [4.78, 5) is 25.7. The third-order valence-electron chi connectivity index (χ3n) is 3.84. The molecule has 0 aliphatic carbocycles. The fraction of sp³-hybridized carbons (Fsp3) is 0.368. The van der Waals surface area contributed by atoms with Gasteiger partial charge in [0, 0.05) is 4.88 Å². The van der Waals surface area contributed by atoms with Crippen molar-refractivity contribution in [3.8, 4) is 5.75 Å². The molecule has 0 aliphatic rings. The van der Waals surface area contributed by atoms with Crippen molar-refractivity contribution >= 4 is 33.9 Å². The molecule has 2 N–H and O–H groups in total. The zero-order valence-corrected chi connectivity index (χ0v) is 16.3. The Labute approximate surface area is 157 Å². The van der Waals surface area contributed by atoms with Gasteiger partial charge in [0.25, 0.3) is 0 Å². The molecule has 1 aromatic heterocycles. The molecular weight excluding hydrogens is 352 g/mol. The smallest absolute Gasteiger partial charge is 0.341 e. The molecule has 0 radical (unpaired) electrons. The molecule has 0 unspecified atom stereocenters. The fourth-order valence-electron chi connectivity index (χ4n) is 2.65. The van der Waals surface area contributed by atoms with E-state index in [-0.39, 0.29) is 12.5 Å². The van der Waals surface area contributed by atoms with Gasteiger partial charge in [-0.15, -0.1) is 11.3 Å². The number of carbonyl (C=O) groups is 2. The first-order valence-electron chi connectivity index (χ1n) is 8.47. The van der Waals surface area contributed by atoms with Crippen LogP contribution in [0, 0.1) is 6.92 Å². The molecule has 1 aromatic carbocycles. The molecule has 0 atom stereocenters. The van der Waals surface area contributed by atoms with E-state index in [0.29, 0.717) is 29.3 Å². The van der Waals surface area contributed by atoms with Crippen molar-refractivity contribution in [2.75, 3.05) is 30.9 Å². The summed E-state index contributed by atoms with van der Waals surface area (Å²) in [6.07, 6.45) is 0.700. The van der Waals surface area contributed by atoms with Crippen LogP contribution in [0.5, 0.6) is 5.75 Å². The van der Waals surface area contributed by atoms with Crippen molar-refractivity contribution in [1.82, 2.24) is 0 Å². The zero-order chi connectivity index (χ0) is 19.1. The summed E-state index contributed by atoms with van der Waals surface area (Å²) in [7, 11) is 1.58. The number of ether oxygens (including phenoxy) is 2. The minimum atomic E-state index is -0.401. The molecule has 0 saturated heterocycles. The first-order valence-corrected chi connectivity index (χ1v) is 9.29. The number of rotatable bonds is 8. The predicted octanol–water partition coefficient (Wildman–Crippen LogP) is 3.85. The van der Waals surface area contributed by atoms with Gasteiger partial charge in [-0.1, -0.05) is 19.1 Å². The quantitative estimate of drug-likeness (QED) is 0.684. The molecule has 7 heteroatoms. The topological polar surface area (TPSA) is 76.7 Å². The largest absolute Gasteiger partial charge is 0.495 e. The third kappa shape index (κ3) is 4.54. The van der Waals surface area contributed by atoms with Crippen molar-refractivity contribution in [1.29, 1.82) is 0 Å². The summed E-state index contributed by atoms with van der Waals surface area (Å²) in [5.74, 6) is 0.0137. The lowest BCUT2D eigenvalue weighted by Crippen LogP contribution is -2.22. The number of hydrogen-bond acceptors (Lipinski definition) is 6. The number of aryl methyl sites for hydroxylation is 1. The second-order valence-electron chi connectivity index (χ2n) is 5.52. The number of para-hydroxylation sites is 2. The third-order valence-corrected chi connectivity index (χ3v) is 4.90. The lowest BCUT2D eigenvalue weighted by molar-refractivity contribution is -0.114. The van der Waals surface area contributed by atoms with E-state index in [2.05, 4.69) is 10.6 Å². The van der Waals surface area contributed by atoms with Crippen LogP contribution in [0.2, 0.25) is 0 Å². The van der Waals surface area contributed by atoms with Crippen LogP contribution in [-0.4, -0.2) is 32.1 Å². The van der Waals surface area contributed by atoms with Crippen LogP contribution >= 0.6 is 11.3 Å². The van der Waals surface area contributed by atoms with Gasteiger partial charge in [-0.2, -0.15) is 0 Å². The predicted molar refractivity (Wildman–Crippen MR) is 105 cm³/mol. The van der Waals surface area contributed by atoms with Crippen LogP contribution in [0.1, 0.15) is 34.6 Å². The standard InChI is InChI=1S/C19H24N2O4S/c1-5-13-12(3)26-18(17(13)19(23)25-6-2)21-16(22)11-20-14-9-7-8-10-15(14)24-4/h7-10,20H,5-6,11H2,1-4H3,(H,21,22). The SMILES string of the molecule is CCOC(=O)c1c(NC(=O)CNc2ccccc2OC)sc(C)c1CC. The summed E-state index contributed by atoms with van der Waals surface area (Å²) < 4.78 is 10.4. The Bertz CT molecular complexity index is 786. The van der Waals surface area contributed by atoms with Crippen LogP contribution < -0.4 is 15.4 Å². The molecule has 140 valence electrons. The number of methoxy groups -OCH3 is 1. The molecule has 0 bridgehead atoms. The Morgan fingerprint density at radius 1 is 1.19 bits per heavy atom. The van der Waals surface area contributed by atoms with Crippen molar-refractivity contribution < 1.29 is 19.1 Å². The molecule has 26 heavy (non-hydrogen) atoms. The number of amides is 1. The molecule has 0 spiro atoms. The van der Waals surface area contributed by atoms with Crippen molar-refractivity contribution in [3.05, 3.63) is 40.3 Å². The first kappa shape index (κ1) is 19.8. The summed E-state index contributed by atoms with van der Waals surface area (Å²) in [5, 5.41) is 6.41. The maximum atomic E-state index is 12.4. The Balaban J connectivity index is 2.12. The lowest BCUT2D eigenvalue weighted by Gasteiger charge is -2.11. The van der Waals surface area contributed by atoms with Crippen LogP contribution in [0.25, 0.3) is 0 Å². The number of hydrogen-bond donors (Lipinski definition) is 2. The van der Waals surface area contributed by atoms with Crippen LogP contribution in [0.4, 0.5) is 10.7 Å². The highest BCUT2D eigenvalue weighted by Gasteiger charge is 2.23. The second kappa shape index (κ2) is 9.24. The summed E-state index contributed by atoms with van der Waals surface area (Å²) >= 11 is 1.39. The molecule has 6 nitrogen and oxygen atoms in total. The number of benzene rings is 1. The Morgan fingerprint density at radius 3 is 2.58 bits per heavy atom. The number of thiophene rings is 1. The minimum absolute atomic E-state index is 0.0566. The normalized spacial score (nSPS) is 10.3. The highest BCUT2D eigenvalue weighted by molar-refractivity contribution is 7.16. The van der Waals surface area contributed by atoms with E-state index in [1.54, 1.807) is 14.0 Å². The molecule has 2 aromatic rings. The zero-order valence-electron chi connectivity index (χ0n) is 15.5. The average molecular weight is 376 g/mol. The maximum absolute atomic E-state index is 12.4. The van der Waals surface area contributed by atoms with Crippen LogP contribution in [-0.2, 0) is 16.0 Å². The van der Waals surface area contributed by atoms with E-state index >= 15 is 0 Å². The van der Waals surface area contributed by atoms with Crippen molar-refractivity contribution in [3.63, 3.8) is 0 Å². The molecular formula is C19H24N2O4S. The van der Waals surface area contributed by atoms with Crippen molar-refractivity contribution in [2.24, 2.45) is 0 Å². The van der Waals surface area contributed by atoms with Gasteiger partial charge in [0.1, 0.15) is 10.8 Å². The summed E-state index contributed by atoms with van der Waals surface area (Å²) in [5.41, 5.74) is 2.11. The molecule has 1 heterocycles. The molecule has 1 amide bonds. The number of anilines is 2. The van der Waals surface area contributed by atoms with Gasteiger partial charge in [0.15, 0.2) is 0 Å². The second-order valence-corrected chi connectivity index (χ2v) is 6.74. The van der Waals surface area contributed by atoms with Gasteiger partial charge < -0.3 is 20.1 Å². The first-order chi connectivity index (χ1) is 12.5. The lowest BCUT2D eigenvalue weighted by atomic mass is 10.1.